The molecule has 0 aliphatic carbocycles. The highest BCUT2D eigenvalue weighted by atomic mass is 33.1. The monoisotopic (exact) mass is 206 g/mol. The van der Waals surface area contributed by atoms with Gasteiger partial charge in [-0.1, -0.05) is 49.3 Å². The topological polar surface area (TPSA) is 0 Å². The average molecular weight is 206 g/mol. The van der Waals surface area contributed by atoms with Gasteiger partial charge in [0.15, 0.2) is 0 Å². The van der Waals surface area contributed by atoms with Crippen LogP contribution in [0.25, 0.3) is 0 Å². The molecular formula is C10H22S2. The minimum Gasteiger partial charge on any atom is -0.0905 e. The van der Waals surface area contributed by atoms with Crippen LogP contribution in [0.15, 0.2) is 0 Å². The minimum absolute atomic E-state index is 0.871. The molecule has 0 spiro atoms. The second-order valence-corrected chi connectivity index (χ2v) is 5.94. The second-order valence-electron chi connectivity index (χ2n) is 3.07. The van der Waals surface area contributed by atoms with E-state index < -0.39 is 0 Å². The van der Waals surface area contributed by atoms with Gasteiger partial charge in [-0.05, 0) is 25.7 Å². The lowest BCUT2D eigenvalue weighted by molar-refractivity contribution is 0.790. The third-order valence-electron chi connectivity index (χ3n) is 2.15. The molecule has 0 atom stereocenters. The molecule has 0 rings (SSSR count). The Balaban J connectivity index is 3.49. The van der Waals surface area contributed by atoms with E-state index >= 15 is 0 Å². The summed E-state index contributed by atoms with van der Waals surface area (Å²) in [5.74, 6) is 0. The Kier molecular flexibility index (Phi) is 8.79. The van der Waals surface area contributed by atoms with Gasteiger partial charge in [0.1, 0.15) is 0 Å². The van der Waals surface area contributed by atoms with Gasteiger partial charge in [-0.25, -0.2) is 0 Å². The summed E-state index contributed by atoms with van der Waals surface area (Å²) in [6.45, 7) is 9.15. The molecule has 0 N–H and O–H groups in total. The highest BCUT2D eigenvalue weighted by Crippen LogP contribution is 2.36. The van der Waals surface area contributed by atoms with Crippen molar-refractivity contribution in [2.75, 3.05) is 0 Å². The summed E-state index contributed by atoms with van der Waals surface area (Å²) in [6, 6.07) is 0. The van der Waals surface area contributed by atoms with Crippen molar-refractivity contribution in [3.8, 4) is 0 Å². The molecule has 74 valence electrons. The molecule has 0 heterocycles. The quantitative estimate of drug-likeness (QED) is 0.552. The van der Waals surface area contributed by atoms with Crippen LogP contribution in [-0.2, 0) is 0 Å². The molecule has 2 heteroatoms. The van der Waals surface area contributed by atoms with Crippen LogP contribution in [0.4, 0.5) is 0 Å². The molecule has 0 bridgehead atoms. The smallest absolute Gasteiger partial charge is 0.0146 e. The first-order valence-corrected chi connectivity index (χ1v) is 7.38. The molecule has 12 heavy (non-hydrogen) atoms. The van der Waals surface area contributed by atoms with E-state index in [0.29, 0.717) is 0 Å². The van der Waals surface area contributed by atoms with Gasteiger partial charge in [0.2, 0.25) is 0 Å². The van der Waals surface area contributed by atoms with Gasteiger partial charge >= 0.3 is 0 Å². The minimum atomic E-state index is 0.871. The first-order chi connectivity index (χ1) is 5.78. The van der Waals surface area contributed by atoms with Gasteiger partial charge in [0, 0.05) is 10.5 Å². The zero-order valence-electron chi connectivity index (χ0n) is 8.80. The zero-order chi connectivity index (χ0) is 9.40. The predicted molar refractivity (Wildman–Crippen MR) is 63.9 cm³/mol. The third-order valence-corrected chi connectivity index (χ3v) is 6.10. The van der Waals surface area contributed by atoms with Crippen molar-refractivity contribution in [2.24, 2.45) is 0 Å². The van der Waals surface area contributed by atoms with Gasteiger partial charge in [-0.2, -0.15) is 0 Å². The van der Waals surface area contributed by atoms with Gasteiger partial charge in [-0.15, -0.1) is 0 Å². The molecule has 0 saturated heterocycles. The molecule has 0 unspecified atom stereocenters. The second kappa shape index (κ2) is 8.31. The Bertz CT molecular complexity index is 73.8. The van der Waals surface area contributed by atoms with Gasteiger partial charge < -0.3 is 0 Å². The standard InChI is InChI=1S/C10H22S2/c1-5-9(6-2)11-12-10(7-3)8-4/h9-10H,5-8H2,1-4H3. The van der Waals surface area contributed by atoms with E-state index in [0.717, 1.165) is 10.5 Å². The summed E-state index contributed by atoms with van der Waals surface area (Å²) in [5.41, 5.74) is 0. The maximum absolute atomic E-state index is 2.29. The van der Waals surface area contributed by atoms with Crippen molar-refractivity contribution >= 4 is 21.6 Å². The average Bonchev–Trinajstić information content (AvgIpc) is 2.13. The molecule has 0 aliphatic heterocycles. The molecule has 0 fully saturated rings. The molecular weight excluding hydrogens is 184 g/mol. The van der Waals surface area contributed by atoms with E-state index in [-0.39, 0.29) is 0 Å². The maximum Gasteiger partial charge on any atom is 0.0146 e. The van der Waals surface area contributed by atoms with Crippen LogP contribution in [-0.4, -0.2) is 10.5 Å². The summed E-state index contributed by atoms with van der Waals surface area (Å²) in [4.78, 5) is 0. The van der Waals surface area contributed by atoms with Crippen molar-refractivity contribution in [1.29, 1.82) is 0 Å². The van der Waals surface area contributed by atoms with Gasteiger partial charge in [0.05, 0.1) is 0 Å². The first-order valence-electron chi connectivity index (χ1n) is 5.10. The summed E-state index contributed by atoms with van der Waals surface area (Å²) in [5, 5.41) is 1.74. The molecule has 0 amide bonds. The summed E-state index contributed by atoms with van der Waals surface area (Å²) in [6.07, 6.45) is 5.26. The van der Waals surface area contributed by atoms with Crippen LogP contribution in [0.5, 0.6) is 0 Å². The highest BCUT2D eigenvalue weighted by Gasteiger charge is 2.09. The van der Waals surface area contributed by atoms with Crippen molar-refractivity contribution in [1.82, 2.24) is 0 Å². The van der Waals surface area contributed by atoms with Crippen molar-refractivity contribution in [2.45, 2.75) is 63.9 Å². The fourth-order valence-corrected chi connectivity index (χ4v) is 4.44. The Hall–Kier alpha value is 0.700. The summed E-state index contributed by atoms with van der Waals surface area (Å²) in [7, 11) is 4.19. The fraction of sp³-hybridized carbons (Fsp3) is 1.00. The molecule has 0 saturated carbocycles. The molecule has 0 radical (unpaired) electrons. The van der Waals surface area contributed by atoms with Gasteiger partial charge in [0.25, 0.3) is 0 Å². The maximum atomic E-state index is 2.29. The first kappa shape index (κ1) is 12.7. The lowest BCUT2D eigenvalue weighted by Crippen LogP contribution is -2.00. The summed E-state index contributed by atoms with van der Waals surface area (Å²) >= 11 is 0. The van der Waals surface area contributed by atoms with Crippen LogP contribution in [0.1, 0.15) is 53.4 Å². The Morgan fingerprint density at radius 2 is 0.917 bits per heavy atom. The van der Waals surface area contributed by atoms with Crippen LogP contribution >= 0.6 is 21.6 Å². The SMILES string of the molecule is CCC(CC)SSC(CC)CC. The van der Waals surface area contributed by atoms with Crippen LogP contribution < -0.4 is 0 Å². The lowest BCUT2D eigenvalue weighted by atomic mass is 10.3. The number of hydrogen-bond acceptors (Lipinski definition) is 2. The zero-order valence-corrected chi connectivity index (χ0v) is 10.4. The van der Waals surface area contributed by atoms with Crippen LogP contribution in [0.2, 0.25) is 0 Å². The van der Waals surface area contributed by atoms with E-state index in [1.165, 1.54) is 25.7 Å². The number of hydrogen-bond donors (Lipinski definition) is 0. The van der Waals surface area contributed by atoms with Crippen LogP contribution in [0.3, 0.4) is 0 Å². The lowest BCUT2D eigenvalue weighted by Gasteiger charge is -2.15. The Labute approximate surface area is 85.7 Å². The van der Waals surface area contributed by atoms with Gasteiger partial charge in [-0.3, -0.25) is 0 Å². The van der Waals surface area contributed by atoms with E-state index in [9.17, 15) is 0 Å². The van der Waals surface area contributed by atoms with Crippen molar-refractivity contribution in [3.05, 3.63) is 0 Å². The van der Waals surface area contributed by atoms with E-state index in [4.69, 9.17) is 0 Å². The largest absolute Gasteiger partial charge is 0.0905 e. The van der Waals surface area contributed by atoms with E-state index in [2.05, 4.69) is 49.3 Å². The molecule has 0 aromatic heterocycles. The molecule has 0 aliphatic rings. The number of rotatable bonds is 7. The normalized spacial score (nSPS) is 11.5. The van der Waals surface area contributed by atoms with E-state index in [1.54, 1.807) is 0 Å². The van der Waals surface area contributed by atoms with Crippen molar-refractivity contribution in [3.63, 3.8) is 0 Å². The van der Waals surface area contributed by atoms with Crippen LogP contribution in [0, 0.1) is 0 Å². The summed E-state index contributed by atoms with van der Waals surface area (Å²) < 4.78 is 0. The fourth-order valence-electron chi connectivity index (χ4n) is 1.01. The Morgan fingerprint density at radius 1 is 0.667 bits per heavy atom. The third kappa shape index (κ3) is 5.36. The molecule has 0 nitrogen and oxygen atoms in total. The Morgan fingerprint density at radius 3 is 1.08 bits per heavy atom. The van der Waals surface area contributed by atoms with Crippen molar-refractivity contribution < 1.29 is 0 Å². The molecule has 0 aromatic carbocycles. The predicted octanol–water partition coefficient (Wildman–Crippen LogP) is 4.75. The molecule has 0 aromatic rings. The highest BCUT2D eigenvalue weighted by molar-refractivity contribution is 8.77. The van der Waals surface area contributed by atoms with E-state index in [1.807, 2.05) is 0 Å².